The van der Waals surface area contributed by atoms with Crippen LogP contribution >= 0.6 is 0 Å². The van der Waals surface area contributed by atoms with Gasteiger partial charge in [0.15, 0.2) is 0 Å². The number of nitrogens with zero attached hydrogens (tertiary/aromatic N) is 1. The van der Waals surface area contributed by atoms with Crippen LogP contribution in [0.5, 0.6) is 0 Å². The van der Waals surface area contributed by atoms with E-state index in [9.17, 15) is 0 Å². The molecule has 0 unspecified atom stereocenters. The second-order valence-electron chi connectivity index (χ2n) is 1.66. The van der Waals surface area contributed by atoms with Crippen LogP contribution in [0.25, 0.3) is 0 Å². The highest BCUT2D eigenvalue weighted by molar-refractivity contribution is 5.94. The first kappa shape index (κ1) is 18.0. The molecule has 0 fully saturated rings. The first-order valence-electron chi connectivity index (χ1n) is 5.15. The summed E-state index contributed by atoms with van der Waals surface area (Å²) in [5, 5.41) is 0. The fourth-order valence-electron chi connectivity index (χ4n) is 0.562. The van der Waals surface area contributed by atoms with Gasteiger partial charge in [-0.15, -0.1) is 0 Å². The average Bonchev–Trinajstić information content (AvgIpc) is 2.23. The number of rotatable bonds is 3. The SMILES string of the molecule is C=CN=C(/C=C\C)CC.CC.CC. The van der Waals surface area contributed by atoms with Gasteiger partial charge in [-0.3, -0.25) is 4.99 Å². The Hall–Kier alpha value is -0.850. The summed E-state index contributed by atoms with van der Waals surface area (Å²) in [5.74, 6) is 0. The van der Waals surface area contributed by atoms with E-state index in [2.05, 4.69) is 18.5 Å². The highest BCUT2D eigenvalue weighted by Gasteiger charge is 1.83. The van der Waals surface area contributed by atoms with E-state index in [1.54, 1.807) is 6.20 Å². The highest BCUT2D eigenvalue weighted by Crippen LogP contribution is 1.88. The summed E-state index contributed by atoms with van der Waals surface area (Å²) >= 11 is 0. The molecule has 0 rings (SSSR count). The molecule has 0 radical (unpaired) electrons. The van der Waals surface area contributed by atoms with Crippen molar-refractivity contribution in [1.82, 2.24) is 0 Å². The van der Waals surface area contributed by atoms with Gasteiger partial charge in [-0.2, -0.15) is 0 Å². The molecular weight excluding hydrogens is 158 g/mol. The van der Waals surface area contributed by atoms with E-state index < -0.39 is 0 Å². The van der Waals surface area contributed by atoms with Gasteiger partial charge in [-0.05, 0) is 19.4 Å². The van der Waals surface area contributed by atoms with Crippen molar-refractivity contribution in [3.63, 3.8) is 0 Å². The molecule has 0 aliphatic heterocycles. The van der Waals surface area contributed by atoms with Gasteiger partial charge in [-0.25, -0.2) is 0 Å². The lowest BCUT2D eigenvalue weighted by atomic mass is 10.3. The standard InChI is InChI=1S/C8H13N.2C2H6/c1-4-7-8(5-2)9-6-3;2*1-2/h4,6-7H,3,5H2,1-2H3;2*1-2H3/b7-4-,9-8?;;. The zero-order chi connectivity index (χ0) is 11.1. The second kappa shape index (κ2) is 22.5. The number of allylic oxidation sites excluding steroid dienone is 2. The minimum Gasteiger partial charge on any atom is -0.262 e. The minimum atomic E-state index is 0.969. The van der Waals surface area contributed by atoms with Crippen LogP contribution in [0.1, 0.15) is 48.0 Å². The number of aliphatic imine (C=N–C) groups is 1. The van der Waals surface area contributed by atoms with E-state index >= 15 is 0 Å². The van der Waals surface area contributed by atoms with Crippen molar-refractivity contribution >= 4 is 5.71 Å². The summed E-state index contributed by atoms with van der Waals surface area (Å²) < 4.78 is 0. The van der Waals surface area contributed by atoms with Crippen molar-refractivity contribution < 1.29 is 0 Å². The molecule has 0 bridgehead atoms. The Morgan fingerprint density at radius 2 is 1.69 bits per heavy atom. The first-order valence-corrected chi connectivity index (χ1v) is 5.15. The summed E-state index contributed by atoms with van der Waals surface area (Å²) in [6, 6.07) is 0. The van der Waals surface area contributed by atoms with Gasteiger partial charge in [0.25, 0.3) is 0 Å². The van der Waals surface area contributed by atoms with Crippen LogP contribution in [-0.2, 0) is 0 Å². The molecule has 0 aromatic heterocycles. The molecule has 1 nitrogen and oxygen atoms in total. The largest absolute Gasteiger partial charge is 0.262 e. The fourth-order valence-corrected chi connectivity index (χ4v) is 0.562. The summed E-state index contributed by atoms with van der Waals surface area (Å²) in [5.41, 5.74) is 1.08. The lowest BCUT2D eigenvalue weighted by molar-refractivity contribution is 1.28. The monoisotopic (exact) mass is 183 g/mol. The molecule has 0 spiro atoms. The third-order valence-electron chi connectivity index (χ3n) is 0.978. The van der Waals surface area contributed by atoms with E-state index in [1.807, 2.05) is 46.8 Å². The third-order valence-corrected chi connectivity index (χ3v) is 0.978. The zero-order valence-corrected chi connectivity index (χ0v) is 10.1. The molecule has 13 heavy (non-hydrogen) atoms. The maximum atomic E-state index is 4.03. The van der Waals surface area contributed by atoms with Crippen molar-refractivity contribution in [2.75, 3.05) is 0 Å². The second-order valence-corrected chi connectivity index (χ2v) is 1.66. The molecular formula is C12H25N. The van der Waals surface area contributed by atoms with Crippen LogP contribution in [0, 0.1) is 0 Å². The normalized spacial score (nSPS) is 9.54. The van der Waals surface area contributed by atoms with Crippen LogP contribution in [0.4, 0.5) is 0 Å². The van der Waals surface area contributed by atoms with E-state index in [0.717, 1.165) is 12.1 Å². The Balaban J connectivity index is -0.000000218. The predicted octanol–water partition coefficient (Wildman–Crippen LogP) is 4.61. The summed E-state index contributed by atoms with van der Waals surface area (Å²) in [4.78, 5) is 4.03. The van der Waals surface area contributed by atoms with Gasteiger partial charge in [0.1, 0.15) is 0 Å². The molecule has 0 aromatic rings. The Labute approximate surface area is 84.3 Å². The van der Waals surface area contributed by atoms with Gasteiger partial charge in [-0.1, -0.05) is 47.3 Å². The molecule has 0 saturated heterocycles. The van der Waals surface area contributed by atoms with Crippen LogP contribution in [0.2, 0.25) is 0 Å². The van der Waals surface area contributed by atoms with Crippen molar-refractivity contribution in [1.29, 1.82) is 0 Å². The van der Waals surface area contributed by atoms with Crippen molar-refractivity contribution in [3.05, 3.63) is 24.9 Å². The lowest BCUT2D eigenvalue weighted by Gasteiger charge is -1.89. The summed E-state index contributed by atoms with van der Waals surface area (Å²) in [7, 11) is 0. The van der Waals surface area contributed by atoms with Crippen LogP contribution < -0.4 is 0 Å². The molecule has 1 heteroatoms. The van der Waals surface area contributed by atoms with E-state index in [4.69, 9.17) is 0 Å². The molecule has 0 atom stereocenters. The molecule has 0 aromatic carbocycles. The van der Waals surface area contributed by atoms with Crippen molar-refractivity contribution in [3.8, 4) is 0 Å². The van der Waals surface area contributed by atoms with Crippen LogP contribution in [-0.4, -0.2) is 5.71 Å². The Kier molecular flexibility index (Phi) is 31.2. The average molecular weight is 183 g/mol. The molecule has 0 heterocycles. The smallest absolute Gasteiger partial charge is 0.0397 e. The number of hydrogen-bond acceptors (Lipinski definition) is 1. The number of hydrogen-bond donors (Lipinski definition) is 0. The Bertz CT molecular complexity index is 132. The quantitative estimate of drug-likeness (QED) is 0.567. The van der Waals surface area contributed by atoms with E-state index in [1.165, 1.54) is 0 Å². The molecule has 0 saturated carbocycles. The molecule has 0 amide bonds. The van der Waals surface area contributed by atoms with Crippen molar-refractivity contribution in [2.45, 2.75) is 48.0 Å². The summed E-state index contributed by atoms with van der Waals surface area (Å²) in [6.45, 7) is 15.6. The molecule has 78 valence electrons. The van der Waals surface area contributed by atoms with Gasteiger partial charge in [0, 0.05) is 11.9 Å². The van der Waals surface area contributed by atoms with Crippen LogP contribution in [0.3, 0.4) is 0 Å². The van der Waals surface area contributed by atoms with E-state index in [0.29, 0.717) is 0 Å². The molecule has 0 aliphatic rings. The van der Waals surface area contributed by atoms with E-state index in [-0.39, 0.29) is 0 Å². The predicted molar refractivity (Wildman–Crippen MR) is 65.4 cm³/mol. The highest BCUT2D eigenvalue weighted by atomic mass is 14.7. The lowest BCUT2D eigenvalue weighted by Crippen LogP contribution is -1.87. The molecule has 0 aliphatic carbocycles. The first-order chi connectivity index (χ1) is 6.35. The maximum Gasteiger partial charge on any atom is 0.0397 e. The summed E-state index contributed by atoms with van der Waals surface area (Å²) in [6.07, 6.45) is 6.50. The fraction of sp³-hybridized carbons (Fsp3) is 0.583. The maximum absolute atomic E-state index is 4.03. The Morgan fingerprint density at radius 1 is 1.23 bits per heavy atom. The van der Waals surface area contributed by atoms with Crippen LogP contribution in [0.15, 0.2) is 29.9 Å². The minimum absolute atomic E-state index is 0.969. The van der Waals surface area contributed by atoms with Gasteiger partial charge in [0.05, 0.1) is 0 Å². The van der Waals surface area contributed by atoms with Gasteiger partial charge in [0.2, 0.25) is 0 Å². The Morgan fingerprint density at radius 3 is 1.92 bits per heavy atom. The van der Waals surface area contributed by atoms with Gasteiger partial charge >= 0.3 is 0 Å². The zero-order valence-electron chi connectivity index (χ0n) is 10.1. The third kappa shape index (κ3) is 18.3. The molecule has 0 N–H and O–H groups in total. The topological polar surface area (TPSA) is 12.4 Å². The van der Waals surface area contributed by atoms with Gasteiger partial charge < -0.3 is 0 Å². The van der Waals surface area contributed by atoms with Crippen molar-refractivity contribution in [2.24, 2.45) is 4.99 Å².